The highest BCUT2D eigenvalue weighted by atomic mass is 35.5. The van der Waals surface area contributed by atoms with Crippen LogP contribution in [0, 0.1) is 11.7 Å². The number of aromatic nitrogens is 3. The average Bonchev–Trinajstić information content (AvgIpc) is 3.28. The van der Waals surface area contributed by atoms with Crippen molar-refractivity contribution in [3.8, 4) is 11.3 Å². The molecule has 33 heavy (non-hydrogen) atoms. The SMILES string of the molecule is O=C(NCc1ccc(F)cc1)[C@H]1CCCN(c2nccn3nc(-c4ccccc4Cl)cc23)C1. The molecular weight excluding hydrogens is 441 g/mol. The molecule has 1 fully saturated rings. The Labute approximate surface area is 196 Å². The summed E-state index contributed by atoms with van der Waals surface area (Å²) in [5.41, 5.74) is 3.39. The smallest absolute Gasteiger partial charge is 0.225 e. The van der Waals surface area contributed by atoms with Gasteiger partial charge in [0.05, 0.1) is 16.6 Å². The quantitative estimate of drug-likeness (QED) is 0.465. The summed E-state index contributed by atoms with van der Waals surface area (Å²) in [6.45, 7) is 1.78. The Morgan fingerprint density at radius 1 is 1.18 bits per heavy atom. The van der Waals surface area contributed by atoms with Crippen LogP contribution in [-0.2, 0) is 11.3 Å². The third-order valence-corrected chi connectivity index (χ3v) is 6.32. The normalized spacial score (nSPS) is 16.2. The molecule has 4 aromatic rings. The van der Waals surface area contributed by atoms with Gasteiger partial charge >= 0.3 is 0 Å². The number of anilines is 1. The monoisotopic (exact) mass is 463 g/mol. The zero-order valence-electron chi connectivity index (χ0n) is 17.9. The molecule has 1 saturated heterocycles. The maximum absolute atomic E-state index is 13.1. The number of hydrogen-bond donors (Lipinski definition) is 1. The molecule has 0 bridgehead atoms. The number of fused-ring (bicyclic) bond motifs is 1. The van der Waals surface area contributed by atoms with Crippen LogP contribution in [0.3, 0.4) is 0 Å². The van der Waals surface area contributed by atoms with E-state index < -0.39 is 0 Å². The summed E-state index contributed by atoms with van der Waals surface area (Å²) >= 11 is 6.37. The van der Waals surface area contributed by atoms with Crippen molar-refractivity contribution in [2.24, 2.45) is 5.92 Å². The molecule has 0 aliphatic carbocycles. The molecule has 2 aromatic carbocycles. The summed E-state index contributed by atoms with van der Waals surface area (Å²) in [6, 6.07) is 15.8. The molecule has 0 radical (unpaired) electrons. The van der Waals surface area contributed by atoms with Gasteiger partial charge in [0.2, 0.25) is 5.91 Å². The zero-order chi connectivity index (χ0) is 22.8. The van der Waals surface area contributed by atoms with Crippen LogP contribution >= 0.6 is 11.6 Å². The number of nitrogens with zero attached hydrogens (tertiary/aromatic N) is 4. The Morgan fingerprint density at radius 2 is 2.00 bits per heavy atom. The van der Waals surface area contributed by atoms with E-state index in [1.807, 2.05) is 36.5 Å². The van der Waals surface area contributed by atoms with Crippen molar-refractivity contribution in [2.45, 2.75) is 19.4 Å². The Kier molecular flexibility index (Phi) is 5.96. The van der Waals surface area contributed by atoms with Crippen molar-refractivity contribution in [1.82, 2.24) is 19.9 Å². The van der Waals surface area contributed by atoms with Gasteiger partial charge in [-0.2, -0.15) is 5.10 Å². The Balaban J connectivity index is 1.33. The van der Waals surface area contributed by atoms with Gasteiger partial charge in [-0.25, -0.2) is 13.9 Å². The van der Waals surface area contributed by atoms with Crippen LogP contribution in [0.25, 0.3) is 16.8 Å². The highest BCUT2D eigenvalue weighted by Crippen LogP contribution is 2.31. The molecule has 168 valence electrons. The maximum Gasteiger partial charge on any atom is 0.225 e. The van der Waals surface area contributed by atoms with Gasteiger partial charge < -0.3 is 10.2 Å². The lowest BCUT2D eigenvalue weighted by molar-refractivity contribution is -0.125. The van der Waals surface area contributed by atoms with Gasteiger partial charge in [-0.15, -0.1) is 0 Å². The second-order valence-electron chi connectivity index (χ2n) is 8.22. The molecule has 0 spiro atoms. The minimum absolute atomic E-state index is 0.00115. The topological polar surface area (TPSA) is 62.5 Å². The van der Waals surface area contributed by atoms with Gasteiger partial charge in [0.25, 0.3) is 0 Å². The molecule has 0 unspecified atom stereocenters. The van der Waals surface area contributed by atoms with E-state index in [0.717, 1.165) is 47.5 Å². The van der Waals surface area contributed by atoms with E-state index >= 15 is 0 Å². The molecule has 1 amide bonds. The molecule has 1 aliphatic heterocycles. The van der Waals surface area contributed by atoms with E-state index in [9.17, 15) is 9.18 Å². The third kappa shape index (κ3) is 4.54. The second-order valence-corrected chi connectivity index (χ2v) is 8.63. The van der Waals surface area contributed by atoms with Crippen LogP contribution in [0.5, 0.6) is 0 Å². The Hall–Kier alpha value is -3.45. The van der Waals surface area contributed by atoms with E-state index in [2.05, 4.69) is 20.3 Å². The number of nitrogens with one attached hydrogen (secondary N) is 1. The van der Waals surface area contributed by atoms with Gasteiger partial charge in [-0.05, 0) is 42.7 Å². The van der Waals surface area contributed by atoms with Gasteiger partial charge in [0.1, 0.15) is 11.3 Å². The number of carbonyl (C=O) groups is 1. The lowest BCUT2D eigenvalue weighted by Crippen LogP contribution is -2.43. The van der Waals surface area contributed by atoms with Crippen LogP contribution in [0.1, 0.15) is 18.4 Å². The van der Waals surface area contributed by atoms with E-state index in [-0.39, 0.29) is 17.6 Å². The first kappa shape index (κ1) is 21.4. The third-order valence-electron chi connectivity index (χ3n) is 5.99. The standard InChI is InChI=1S/C25H23ClFN5O/c26-21-6-2-1-5-20(21)22-14-23-24(28-11-13-32(23)30-22)31-12-3-4-18(16-31)25(33)29-15-17-7-9-19(27)10-8-17/h1-2,5-11,13-14,18H,3-4,12,15-16H2,(H,29,33)/t18-/m0/s1. The molecular formula is C25H23ClFN5O. The molecule has 3 heterocycles. The first-order valence-corrected chi connectivity index (χ1v) is 11.3. The van der Waals surface area contributed by atoms with Crippen LogP contribution in [0.2, 0.25) is 5.02 Å². The first-order chi connectivity index (χ1) is 16.1. The fourth-order valence-electron chi connectivity index (χ4n) is 4.27. The maximum atomic E-state index is 13.1. The summed E-state index contributed by atoms with van der Waals surface area (Å²) in [4.78, 5) is 19.6. The van der Waals surface area contributed by atoms with Crippen LogP contribution in [0.15, 0.2) is 67.0 Å². The minimum Gasteiger partial charge on any atom is -0.354 e. The van der Waals surface area contributed by atoms with Crippen molar-refractivity contribution in [3.63, 3.8) is 0 Å². The predicted molar refractivity (Wildman–Crippen MR) is 127 cm³/mol. The first-order valence-electron chi connectivity index (χ1n) is 10.9. The number of rotatable bonds is 5. The summed E-state index contributed by atoms with van der Waals surface area (Å²) in [6.07, 6.45) is 5.25. The van der Waals surface area contributed by atoms with Crippen molar-refractivity contribution in [3.05, 3.63) is 83.4 Å². The number of piperidine rings is 1. The number of carbonyl (C=O) groups excluding carboxylic acids is 1. The van der Waals surface area contributed by atoms with Crippen molar-refractivity contribution >= 4 is 28.8 Å². The second kappa shape index (κ2) is 9.19. The number of benzene rings is 2. The van der Waals surface area contributed by atoms with Crippen molar-refractivity contribution in [2.75, 3.05) is 18.0 Å². The fraction of sp³-hybridized carbons (Fsp3) is 0.240. The lowest BCUT2D eigenvalue weighted by Gasteiger charge is -2.33. The molecule has 8 heteroatoms. The fourth-order valence-corrected chi connectivity index (χ4v) is 4.50. The molecule has 6 nitrogen and oxygen atoms in total. The minimum atomic E-state index is -0.285. The highest BCUT2D eigenvalue weighted by molar-refractivity contribution is 6.33. The Bertz CT molecular complexity index is 1290. The summed E-state index contributed by atoms with van der Waals surface area (Å²) in [5.74, 6) is 0.375. The molecule has 1 atom stereocenters. The van der Waals surface area contributed by atoms with Crippen LogP contribution < -0.4 is 10.2 Å². The summed E-state index contributed by atoms with van der Waals surface area (Å²) in [5, 5.41) is 8.32. The van der Waals surface area contributed by atoms with E-state index in [1.54, 1.807) is 22.8 Å². The molecule has 2 aromatic heterocycles. The average molecular weight is 464 g/mol. The predicted octanol–water partition coefficient (Wildman–Crippen LogP) is 4.72. The number of amides is 1. The summed E-state index contributed by atoms with van der Waals surface area (Å²) < 4.78 is 14.9. The number of halogens is 2. The molecule has 1 N–H and O–H groups in total. The van der Waals surface area contributed by atoms with E-state index in [1.165, 1.54) is 12.1 Å². The van der Waals surface area contributed by atoms with Crippen molar-refractivity contribution < 1.29 is 9.18 Å². The highest BCUT2D eigenvalue weighted by Gasteiger charge is 2.27. The van der Waals surface area contributed by atoms with Crippen LogP contribution in [0.4, 0.5) is 10.2 Å². The van der Waals surface area contributed by atoms with E-state index in [4.69, 9.17) is 11.6 Å². The van der Waals surface area contributed by atoms with Gasteiger partial charge in [-0.1, -0.05) is 41.9 Å². The molecule has 1 aliphatic rings. The Morgan fingerprint density at radius 3 is 2.82 bits per heavy atom. The van der Waals surface area contributed by atoms with Gasteiger partial charge in [-0.3, -0.25) is 4.79 Å². The molecule has 0 saturated carbocycles. The van der Waals surface area contributed by atoms with Gasteiger partial charge in [0, 0.05) is 37.6 Å². The van der Waals surface area contributed by atoms with Gasteiger partial charge in [0.15, 0.2) is 5.82 Å². The van der Waals surface area contributed by atoms with Crippen molar-refractivity contribution in [1.29, 1.82) is 0 Å². The molecule has 5 rings (SSSR count). The lowest BCUT2D eigenvalue weighted by atomic mass is 9.97. The van der Waals surface area contributed by atoms with Crippen LogP contribution in [-0.4, -0.2) is 33.6 Å². The summed E-state index contributed by atoms with van der Waals surface area (Å²) in [7, 11) is 0. The largest absolute Gasteiger partial charge is 0.354 e. The zero-order valence-corrected chi connectivity index (χ0v) is 18.7. The number of hydrogen-bond acceptors (Lipinski definition) is 4. The van der Waals surface area contributed by atoms with E-state index in [0.29, 0.717) is 18.1 Å².